The number of hydrogen-bond donors (Lipinski definition) is 1. The topological polar surface area (TPSA) is 50.9 Å². The van der Waals surface area contributed by atoms with E-state index in [9.17, 15) is 5.11 Å². The highest BCUT2D eigenvalue weighted by molar-refractivity contribution is 9.11. The summed E-state index contributed by atoms with van der Waals surface area (Å²) in [5.74, 6) is 1.34. The maximum atomic E-state index is 9.18. The van der Waals surface area contributed by atoms with Crippen molar-refractivity contribution < 1.29 is 5.11 Å². The molecular formula is C11H11Br2N3O. The first-order valence-electron chi connectivity index (χ1n) is 5.15. The summed E-state index contributed by atoms with van der Waals surface area (Å²) in [4.78, 5) is 0. The van der Waals surface area contributed by atoms with Crippen LogP contribution in [-0.2, 0) is 13.2 Å². The first kappa shape index (κ1) is 12.7. The van der Waals surface area contributed by atoms with Crippen molar-refractivity contribution >= 4 is 31.9 Å². The van der Waals surface area contributed by atoms with E-state index in [0.29, 0.717) is 5.82 Å². The lowest BCUT2D eigenvalue weighted by atomic mass is 10.2. The van der Waals surface area contributed by atoms with E-state index in [0.717, 1.165) is 26.9 Å². The molecule has 90 valence electrons. The van der Waals surface area contributed by atoms with Gasteiger partial charge < -0.3 is 9.67 Å². The van der Waals surface area contributed by atoms with Crippen LogP contribution in [0.25, 0.3) is 11.4 Å². The molecule has 1 aromatic heterocycles. The van der Waals surface area contributed by atoms with Gasteiger partial charge in [0.1, 0.15) is 6.61 Å². The van der Waals surface area contributed by atoms with Gasteiger partial charge >= 0.3 is 0 Å². The molecule has 0 radical (unpaired) electrons. The molecule has 0 aliphatic rings. The normalized spacial score (nSPS) is 10.8. The van der Waals surface area contributed by atoms with Crippen LogP contribution in [0, 0.1) is 0 Å². The Morgan fingerprint density at radius 3 is 2.65 bits per heavy atom. The molecule has 1 heterocycles. The van der Waals surface area contributed by atoms with Gasteiger partial charge in [-0.15, -0.1) is 10.2 Å². The number of hydrogen-bond acceptors (Lipinski definition) is 3. The molecule has 0 unspecified atom stereocenters. The maximum Gasteiger partial charge on any atom is 0.165 e. The van der Waals surface area contributed by atoms with Crippen LogP contribution in [0.1, 0.15) is 12.7 Å². The summed E-state index contributed by atoms with van der Waals surface area (Å²) < 4.78 is 3.84. The van der Waals surface area contributed by atoms with Crippen LogP contribution < -0.4 is 0 Å². The molecular weight excluding hydrogens is 350 g/mol. The molecule has 4 nitrogen and oxygen atoms in total. The summed E-state index contributed by atoms with van der Waals surface area (Å²) >= 11 is 6.92. The lowest BCUT2D eigenvalue weighted by Crippen LogP contribution is -2.03. The van der Waals surface area contributed by atoms with Crippen molar-refractivity contribution in [2.24, 2.45) is 0 Å². The highest BCUT2D eigenvalue weighted by Crippen LogP contribution is 2.30. The SMILES string of the molecule is CCn1c(CO)nnc1-c1ccc(Br)cc1Br. The van der Waals surface area contributed by atoms with Crippen molar-refractivity contribution in [1.29, 1.82) is 0 Å². The zero-order valence-electron chi connectivity index (χ0n) is 9.19. The Kier molecular flexibility index (Phi) is 3.96. The Morgan fingerprint density at radius 2 is 2.06 bits per heavy atom. The summed E-state index contributed by atoms with van der Waals surface area (Å²) in [6.07, 6.45) is 0. The van der Waals surface area contributed by atoms with Gasteiger partial charge in [-0.25, -0.2) is 0 Å². The lowest BCUT2D eigenvalue weighted by molar-refractivity contribution is 0.265. The molecule has 6 heteroatoms. The Morgan fingerprint density at radius 1 is 1.29 bits per heavy atom. The molecule has 1 N–H and O–H groups in total. The number of aromatic nitrogens is 3. The summed E-state index contributed by atoms with van der Waals surface area (Å²) in [6.45, 7) is 2.62. The number of aliphatic hydroxyl groups excluding tert-OH is 1. The largest absolute Gasteiger partial charge is 0.388 e. The van der Waals surface area contributed by atoms with Crippen molar-refractivity contribution in [3.8, 4) is 11.4 Å². The maximum absolute atomic E-state index is 9.18. The van der Waals surface area contributed by atoms with Gasteiger partial charge in [0.05, 0.1) is 0 Å². The van der Waals surface area contributed by atoms with Crippen LogP contribution in [0.3, 0.4) is 0 Å². The number of benzene rings is 1. The molecule has 0 atom stereocenters. The van der Waals surface area contributed by atoms with E-state index >= 15 is 0 Å². The van der Waals surface area contributed by atoms with Gasteiger partial charge in [0.15, 0.2) is 11.6 Å². The van der Waals surface area contributed by atoms with Gasteiger partial charge in [-0.1, -0.05) is 15.9 Å². The molecule has 17 heavy (non-hydrogen) atoms. The summed E-state index contributed by atoms with van der Waals surface area (Å²) in [7, 11) is 0. The van der Waals surface area contributed by atoms with E-state index in [-0.39, 0.29) is 6.61 Å². The van der Waals surface area contributed by atoms with Crippen LogP contribution in [0.2, 0.25) is 0 Å². The number of aliphatic hydroxyl groups is 1. The average Bonchev–Trinajstić information content (AvgIpc) is 2.71. The first-order chi connectivity index (χ1) is 8.17. The average molecular weight is 361 g/mol. The van der Waals surface area contributed by atoms with Gasteiger partial charge in [-0.3, -0.25) is 0 Å². The molecule has 0 saturated carbocycles. The molecule has 1 aromatic carbocycles. The van der Waals surface area contributed by atoms with Crippen molar-refractivity contribution in [3.63, 3.8) is 0 Å². The first-order valence-corrected chi connectivity index (χ1v) is 6.74. The summed E-state index contributed by atoms with van der Waals surface area (Å²) in [5.41, 5.74) is 0.960. The third-order valence-corrected chi connectivity index (χ3v) is 3.61. The van der Waals surface area contributed by atoms with Gasteiger partial charge in [0.2, 0.25) is 0 Å². The van der Waals surface area contributed by atoms with Crippen LogP contribution in [0.15, 0.2) is 27.1 Å². The third-order valence-electron chi connectivity index (χ3n) is 2.46. The number of halogens is 2. The highest BCUT2D eigenvalue weighted by Gasteiger charge is 2.14. The second-order valence-electron chi connectivity index (χ2n) is 3.47. The van der Waals surface area contributed by atoms with Gasteiger partial charge in [0, 0.05) is 21.1 Å². The predicted molar refractivity (Wildman–Crippen MR) is 72.5 cm³/mol. The molecule has 0 amide bonds. The van der Waals surface area contributed by atoms with E-state index in [1.54, 1.807) is 0 Å². The van der Waals surface area contributed by atoms with Gasteiger partial charge in [-0.2, -0.15) is 0 Å². The van der Waals surface area contributed by atoms with E-state index in [1.807, 2.05) is 29.7 Å². The highest BCUT2D eigenvalue weighted by atomic mass is 79.9. The Labute approximate surface area is 116 Å². The fourth-order valence-corrected chi connectivity index (χ4v) is 2.88. The van der Waals surface area contributed by atoms with E-state index in [4.69, 9.17) is 0 Å². The molecule has 0 aliphatic heterocycles. The molecule has 2 rings (SSSR count). The Balaban J connectivity index is 2.56. The standard InChI is InChI=1S/C11H11Br2N3O/c1-2-16-10(6-17)14-15-11(16)8-4-3-7(12)5-9(8)13/h3-5,17H,2,6H2,1H3. The van der Waals surface area contributed by atoms with E-state index in [2.05, 4.69) is 42.1 Å². The van der Waals surface area contributed by atoms with Crippen molar-refractivity contribution in [1.82, 2.24) is 14.8 Å². The van der Waals surface area contributed by atoms with Gasteiger partial charge in [0.25, 0.3) is 0 Å². The molecule has 0 bridgehead atoms. The minimum atomic E-state index is -0.102. The van der Waals surface area contributed by atoms with Crippen molar-refractivity contribution in [2.45, 2.75) is 20.1 Å². The number of nitrogens with zero attached hydrogens (tertiary/aromatic N) is 3. The molecule has 0 aliphatic carbocycles. The predicted octanol–water partition coefficient (Wildman–Crippen LogP) is 2.98. The molecule has 0 spiro atoms. The van der Waals surface area contributed by atoms with Crippen molar-refractivity contribution in [3.05, 3.63) is 33.0 Å². The fraction of sp³-hybridized carbons (Fsp3) is 0.273. The minimum Gasteiger partial charge on any atom is -0.388 e. The van der Waals surface area contributed by atoms with Crippen LogP contribution in [-0.4, -0.2) is 19.9 Å². The van der Waals surface area contributed by atoms with Crippen LogP contribution in [0.5, 0.6) is 0 Å². The van der Waals surface area contributed by atoms with Crippen molar-refractivity contribution in [2.75, 3.05) is 0 Å². The molecule has 0 fully saturated rings. The zero-order valence-corrected chi connectivity index (χ0v) is 12.4. The second kappa shape index (κ2) is 5.29. The summed E-state index contributed by atoms with van der Waals surface area (Å²) in [5, 5.41) is 17.3. The van der Waals surface area contributed by atoms with Crippen LogP contribution in [0.4, 0.5) is 0 Å². The second-order valence-corrected chi connectivity index (χ2v) is 5.24. The fourth-order valence-electron chi connectivity index (χ4n) is 1.65. The zero-order chi connectivity index (χ0) is 12.4. The third kappa shape index (κ3) is 2.43. The molecule has 0 saturated heterocycles. The molecule has 2 aromatic rings. The van der Waals surface area contributed by atoms with E-state index in [1.165, 1.54) is 0 Å². The Hall–Kier alpha value is -0.720. The lowest BCUT2D eigenvalue weighted by Gasteiger charge is -2.07. The smallest absolute Gasteiger partial charge is 0.165 e. The van der Waals surface area contributed by atoms with Crippen LogP contribution >= 0.6 is 31.9 Å². The quantitative estimate of drug-likeness (QED) is 0.915. The summed E-state index contributed by atoms with van der Waals surface area (Å²) in [6, 6.07) is 5.88. The number of rotatable bonds is 3. The monoisotopic (exact) mass is 359 g/mol. The van der Waals surface area contributed by atoms with E-state index < -0.39 is 0 Å². The van der Waals surface area contributed by atoms with Gasteiger partial charge in [-0.05, 0) is 41.1 Å². The minimum absolute atomic E-state index is 0.102. The Bertz CT molecular complexity index is 540.